The number of nitrogens with zero attached hydrogens (tertiary/aromatic N) is 2. The highest BCUT2D eigenvalue weighted by atomic mass is 16.5. The molecule has 4 atom stereocenters. The summed E-state index contributed by atoms with van der Waals surface area (Å²) in [4.78, 5) is 53.2. The van der Waals surface area contributed by atoms with Crippen LogP contribution >= 0.6 is 0 Å². The minimum atomic E-state index is -0.894. The third kappa shape index (κ3) is 3.81. The monoisotopic (exact) mass is 419 g/mol. The average Bonchev–Trinajstić information content (AvgIpc) is 2.98. The molecule has 2 aliphatic carbocycles. The van der Waals surface area contributed by atoms with Crippen molar-refractivity contribution in [1.82, 2.24) is 15.1 Å². The Morgan fingerprint density at radius 1 is 1.07 bits per heavy atom. The van der Waals surface area contributed by atoms with Crippen LogP contribution in [0.5, 0.6) is 0 Å². The van der Waals surface area contributed by atoms with Gasteiger partial charge in [0.25, 0.3) is 11.8 Å². The Labute approximate surface area is 177 Å². The van der Waals surface area contributed by atoms with Crippen molar-refractivity contribution in [3.63, 3.8) is 0 Å². The molecule has 0 aromatic rings. The van der Waals surface area contributed by atoms with Crippen molar-refractivity contribution in [2.75, 3.05) is 19.7 Å². The number of fused-ring (bicyclic) bond motifs is 1. The molecular formula is C22H33N3O5. The molecule has 0 radical (unpaired) electrons. The molecule has 2 aliphatic heterocycles. The van der Waals surface area contributed by atoms with E-state index in [1.807, 2.05) is 11.8 Å². The number of imide groups is 1. The van der Waals surface area contributed by atoms with E-state index >= 15 is 0 Å². The Morgan fingerprint density at radius 3 is 2.60 bits per heavy atom. The fourth-order valence-electron chi connectivity index (χ4n) is 5.97. The first kappa shape index (κ1) is 21.1. The Bertz CT molecular complexity index is 724. The highest BCUT2D eigenvalue weighted by molar-refractivity contribution is 6.09. The number of likely N-dealkylation sites (tertiary alicyclic amines) is 1. The molecule has 4 amide bonds. The number of hydrogen-bond donors (Lipinski definition) is 1. The molecule has 8 heteroatoms. The summed E-state index contributed by atoms with van der Waals surface area (Å²) in [6.07, 6.45) is 10.1. The van der Waals surface area contributed by atoms with Gasteiger partial charge >= 0.3 is 12.0 Å². The molecule has 4 aliphatic rings. The maximum Gasteiger partial charge on any atom is 0.326 e. The van der Waals surface area contributed by atoms with Gasteiger partial charge in [-0.1, -0.05) is 32.6 Å². The lowest BCUT2D eigenvalue weighted by Crippen LogP contribution is -2.54. The largest absolute Gasteiger partial charge is 0.454 e. The van der Waals surface area contributed by atoms with Crippen molar-refractivity contribution in [3.8, 4) is 0 Å². The summed E-state index contributed by atoms with van der Waals surface area (Å²) in [6.45, 7) is 1.91. The second-order valence-corrected chi connectivity index (χ2v) is 9.44. The first-order valence-electron chi connectivity index (χ1n) is 11.5. The maximum atomic E-state index is 12.9. The molecule has 2 saturated carbocycles. The second kappa shape index (κ2) is 8.55. The first-order chi connectivity index (χ1) is 14.4. The number of ether oxygens (including phenoxy) is 1. The van der Waals surface area contributed by atoms with Gasteiger partial charge in [-0.3, -0.25) is 19.3 Å². The van der Waals surface area contributed by atoms with E-state index in [0.29, 0.717) is 18.9 Å². The first-order valence-corrected chi connectivity index (χ1v) is 11.5. The molecule has 0 aromatic heterocycles. The standard InChI is InChI=1S/C22H33N3O5/c1-15-7-4-5-11-22(15)20(28)25(21(29)23-22)13-19(27)30-14-18(26)24-12-6-9-16-8-2-3-10-17(16)24/h15-17H,2-14H2,1H3,(H,23,29)/t15-,16-,17+,22+/m1/s1. The van der Waals surface area contributed by atoms with Crippen LogP contribution in [0.15, 0.2) is 0 Å². The number of carbonyl (C=O) groups is 4. The van der Waals surface area contributed by atoms with Crippen molar-refractivity contribution < 1.29 is 23.9 Å². The summed E-state index contributed by atoms with van der Waals surface area (Å²) in [5.41, 5.74) is -0.894. The van der Waals surface area contributed by atoms with Crippen LogP contribution in [0.4, 0.5) is 4.79 Å². The van der Waals surface area contributed by atoms with Crippen molar-refractivity contribution in [3.05, 3.63) is 0 Å². The van der Waals surface area contributed by atoms with E-state index in [2.05, 4.69) is 5.32 Å². The smallest absolute Gasteiger partial charge is 0.326 e. The highest BCUT2D eigenvalue weighted by Crippen LogP contribution is 2.38. The van der Waals surface area contributed by atoms with E-state index in [1.165, 1.54) is 19.3 Å². The second-order valence-electron chi connectivity index (χ2n) is 9.44. The van der Waals surface area contributed by atoms with Crippen LogP contribution in [0, 0.1) is 11.8 Å². The van der Waals surface area contributed by atoms with Gasteiger partial charge in [0.1, 0.15) is 12.1 Å². The SMILES string of the molecule is C[C@@H]1CCCC[C@]12NC(=O)N(CC(=O)OCC(=O)N1CCC[C@H]3CCCC[C@@H]31)C2=O. The van der Waals surface area contributed by atoms with Gasteiger partial charge < -0.3 is 15.0 Å². The molecule has 4 rings (SSSR count). The summed E-state index contributed by atoms with van der Waals surface area (Å²) in [6, 6.07) is -0.282. The normalized spacial score (nSPS) is 34.0. The van der Waals surface area contributed by atoms with E-state index in [1.54, 1.807) is 0 Å². The fraction of sp³-hybridized carbons (Fsp3) is 0.818. The zero-order valence-corrected chi connectivity index (χ0v) is 17.9. The molecule has 0 aromatic carbocycles. The lowest BCUT2D eigenvalue weighted by atomic mass is 9.73. The number of urea groups is 1. The Morgan fingerprint density at radius 2 is 1.80 bits per heavy atom. The third-order valence-corrected chi connectivity index (χ3v) is 7.71. The molecule has 1 spiro atoms. The minimum absolute atomic E-state index is 0.0350. The van der Waals surface area contributed by atoms with E-state index in [4.69, 9.17) is 4.74 Å². The van der Waals surface area contributed by atoms with Crippen LogP contribution in [-0.2, 0) is 19.1 Å². The lowest BCUT2D eigenvalue weighted by molar-refractivity contribution is -0.156. The number of rotatable bonds is 4. The van der Waals surface area contributed by atoms with Crippen LogP contribution in [0.1, 0.15) is 71.1 Å². The number of piperidine rings is 1. The molecule has 2 heterocycles. The van der Waals surface area contributed by atoms with Crippen molar-refractivity contribution >= 4 is 23.8 Å². The van der Waals surface area contributed by atoms with Crippen LogP contribution < -0.4 is 5.32 Å². The van der Waals surface area contributed by atoms with E-state index in [-0.39, 0.29) is 30.4 Å². The topological polar surface area (TPSA) is 96.0 Å². The summed E-state index contributed by atoms with van der Waals surface area (Å²) < 4.78 is 5.19. The van der Waals surface area contributed by atoms with Gasteiger partial charge in [0.2, 0.25) is 0 Å². The minimum Gasteiger partial charge on any atom is -0.454 e. The summed E-state index contributed by atoms with van der Waals surface area (Å²) in [7, 11) is 0. The zero-order chi connectivity index (χ0) is 21.3. The van der Waals surface area contributed by atoms with Gasteiger partial charge in [0, 0.05) is 12.6 Å². The number of carbonyl (C=O) groups excluding carboxylic acids is 4. The molecule has 1 N–H and O–H groups in total. The predicted molar refractivity (Wildman–Crippen MR) is 108 cm³/mol. The van der Waals surface area contributed by atoms with E-state index in [9.17, 15) is 19.2 Å². The summed E-state index contributed by atoms with van der Waals surface area (Å²) >= 11 is 0. The van der Waals surface area contributed by atoms with Gasteiger partial charge in [0.05, 0.1) is 0 Å². The van der Waals surface area contributed by atoms with E-state index < -0.39 is 24.1 Å². The molecule has 0 unspecified atom stereocenters. The fourth-order valence-corrected chi connectivity index (χ4v) is 5.97. The van der Waals surface area contributed by atoms with Crippen molar-refractivity contribution in [2.24, 2.45) is 11.8 Å². The van der Waals surface area contributed by atoms with Crippen molar-refractivity contribution in [1.29, 1.82) is 0 Å². The van der Waals surface area contributed by atoms with Gasteiger partial charge in [-0.2, -0.15) is 0 Å². The van der Waals surface area contributed by atoms with Crippen molar-refractivity contribution in [2.45, 2.75) is 82.7 Å². The zero-order valence-electron chi connectivity index (χ0n) is 17.9. The van der Waals surface area contributed by atoms with Crippen LogP contribution in [0.25, 0.3) is 0 Å². The van der Waals surface area contributed by atoms with E-state index in [0.717, 1.165) is 43.4 Å². The predicted octanol–water partition coefficient (Wildman–Crippen LogP) is 2.21. The van der Waals surface area contributed by atoms with Gasteiger partial charge in [-0.15, -0.1) is 0 Å². The quantitative estimate of drug-likeness (QED) is 0.557. The molecule has 2 saturated heterocycles. The maximum absolute atomic E-state index is 12.9. The number of amides is 4. The molecule has 8 nitrogen and oxygen atoms in total. The number of nitrogens with one attached hydrogen (secondary N) is 1. The van der Waals surface area contributed by atoms with Gasteiger partial charge in [-0.25, -0.2) is 4.79 Å². The average molecular weight is 420 g/mol. The molecule has 0 bridgehead atoms. The Kier molecular flexibility index (Phi) is 6.02. The lowest BCUT2D eigenvalue weighted by Gasteiger charge is -2.44. The molecule has 166 valence electrons. The molecule has 4 fully saturated rings. The number of esters is 1. The van der Waals surface area contributed by atoms with Crippen LogP contribution in [0.2, 0.25) is 0 Å². The number of hydrogen-bond acceptors (Lipinski definition) is 5. The summed E-state index contributed by atoms with van der Waals surface area (Å²) in [5, 5.41) is 2.83. The third-order valence-electron chi connectivity index (χ3n) is 7.71. The Hall–Kier alpha value is -2.12. The van der Waals surface area contributed by atoms with Gasteiger partial charge in [-0.05, 0) is 50.4 Å². The van der Waals surface area contributed by atoms with Crippen LogP contribution in [0.3, 0.4) is 0 Å². The Balaban J connectivity index is 1.31. The van der Waals surface area contributed by atoms with Crippen LogP contribution in [-0.4, -0.2) is 64.9 Å². The van der Waals surface area contributed by atoms with Gasteiger partial charge in [0.15, 0.2) is 6.61 Å². The highest BCUT2D eigenvalue weighted by Gasteiger charge is 2.55. The molecular weight excluding hydrogens is 386 g/mol. The summed E-state index contributed by atoms with van der Waals surface area (Å²) in [5.74, 6) is -0.636. The molecule has 30 heavy (non-hydrogen) atoms.